The number of aromatic nitrogens is 1. The molecule has 2 rings (SSSR count). The van der Waals surface area contributed by atoms with Gasteiger partial charge in [-0.05, 0) is 30.7 Å². The summed E-state index contributed by atoms with van der Waals surface area (Å²) < 4.78 is 0. The normalized spacial score (nSPS) is 11.5. The van der Waals surface area contributed by atoms with E-state index in [0.717, 1.165) is 10.4 Å². The van der Waals surface area contributed by atoms with Crippen molar-refractivity contribution in [1.29, 1.82) is 0 Å². The first kappa shape index (κ1) is 15.9. The number of amides is 2. The van der Waals surface area contributed by atoms with Crippen molar-refractivity contribution < 1.29 is 9.59 Å². The topological polar surface area (TPSA) is 71.1 Å². The van der Waals surface area contributed by atoms with Crippen molar-refractivity contribution in [3.05, 3.63) is 59.1 Å². The fraction of sp³-hybridized carbons (Fsp3) is 0.188. The lowest BCUT2D eigenvalue weighted by molar-refractivity contribution is -0.121. The Labute approximate surface area is 133 Å². The highest BCUT2D eigenvalue weighted by molar-refractivity contribution is 7.09. The van der Waals surface area contributed by atoms with E-state index in [1.54, 1.807) is 29.9 Å². The summed E-state index contributed by atoms with van der Waals surface area (Å²) in [5.74, 6) is -0.353. The molecule has 1 heterocycles. The zero-order valence-corrected chi connectivity index (χ0v) is 13.0. The van der Waals surface area contributed by atoms with E-state index in [1.807, 2.05) is 13.0 Å². The van der Waals surface area contributed by atoms with Crippen LogP contribution in [0.1, 0.15) is 23.4 Å². The van der Waals surface area contributed by atoms with Gasteiger partial charge in [-0.15, -0.1) is 11.3 Å². The molecule has 114 valence electrons. The van der Waals surface area contributed by atoms with Crippen molar-refractivity contribution in [2.45, 2.75) is 19.4 Å². The maximum absolute atomic E-state index is 12.1. The number of nitrogens with one attached hydrogen (secondary N) is 2. The summed E-state index contributed by atoms with van der Waals surface area (Å²) in [5, 5.41) is 5.60. The van der Waals surface area contributed by atoms with Crippen LogP contribution in [0.4, 0.5) is 5.69 Å². The average molecular weight is 315 g/mol. The van der Waals surface area contributed by atoms with E-state index in [2.05, 4.69) is 22.2 Å². The van der Waals surface area contributed by atoms with Crippen LogP contribution >= 0.6 is 11.3 Å². The fourth-order valence-corrected chi connectivity index (χ4v) is 2.57. The lowest BCUT2D eigenvalue weighted by Gasteiger charge is -2.12. The molecule has 1 atom stereocenters. The molecular formula is C16H17N3O2S. The van der Waals surface area contributed by atoms with Crippen LogP contribution < -0.4 is 10.6 Å². The smallest absolute Gasteiger partial charge is 0.247 e. The van der Waals surface area contributed by atoms with E-state index < -0.39 is 0 Å². The molecular weight excluding hydrogens is 298 g/mol. The SMILES string of the molecule is C=CC(=O)Nc1cccc(CC(=O)N[C@@H](C)c2cncs2)c1. The molecule has 0 fully saturated rings. The van der Waals surface area contributed by atoms with Gasteiger partial charge in [0.05, 0.1) is 18.0 Å². The largest absolute Gasteiger partial charge is 0.348 e. The Morgan fingerprint density at radius 1 is 1.45 bits per heavy atom. The van der Waals surface area contributed by atoms with Crippen molar-refractivity contribution in [1.82, 2.24) is 10.3 Å². The van der Waals surface area contributed by atoms with E-state index in [1.165, 1.54) is 17.4 Å². The molecule has 0 radical (unpaired) electrons. The van der Waals surface area contributed by atoms with Crippen LogP contribution in [0.2, 0.25) is 0 Å². The number of hydrogen-bond donors (Lipinski definition) is 2. The summed E-state index contributed by atoms with van der Waals surface area (Å²) in [6, 6.07) is 7.12. The van der Waals surface area contributed by atoms with E-state index >= 15 is 0 Å². The van der Waals surface area contributed by atoms with Gasteiger partial charge in [0.15, 0.2) is 0 Å². The molecule has 0 saturated heterocycles. The second-order valence-corrected chi connectivity index (χ2v) is 5.68. The molecule has 22 heavy (non-hydrogen) atoms. The zero-order valence-electron chi connectivity index (χ0n) is 12.2. The molecule has 1 aromatic carbocycles. The van der Waals surface area contributed by atoms with E-state index in [0.29, 0.717) is 5.69 Å². The standard InChI is InChI=1S/C16H17N3O2S/c1-3-15(20)19-13-6-4-5-12(7-13)8-16(21)18-11(2)14-9-17-10-22-14/h3-7,9-11H,1,8H2,2H3,(H,18,21)(H,19,20)/t11-/m0/s1. The highest BCUT2D eigenvalue weighted by atomic mass is 32.1. The number of carbonyl (C=O) groups is 2. The first-order chi connectivity index (χ1) is 10.6. The summed E-state index contributed by atoms with van der Waals surface area (Å²) in [6.45, 7) is 5.33. The van der Waals surface area contributed by atoms with Gasteiger partial charge in [0.1, 0.15) is 0 Å². The monoisotopic (exact) mass is 315 g/mol. The van der Waals surface area contributed by atoms with E-state index in [4.69, 9.17) is 0 Å². The third-order valence-corrected chi connectivity index (χ3v) is 3.96. The number of benzene rings is 1. The maximum atomic E-state index is 12.1. The first-order valence-corrected chi connectivity index (χ1v) is 7.66. The molecule has 2 amide bonds. The third-order valence-electron chi connectivity index (χ3n) is 3.00. The fourth-order valence-electron chi connectivity index (χ4n) is 1.94. The highest BCUT2D eigenvalue weighted by Crippen LogP contribution is 2.17. The molecule has 0 bridgehead atoms. The van der Waals surface area contributed by atoms with Gasteiger partial charge in [0.2, 0.25) is 11.8 Å². The highest BCUT2D eigenvalue weighted by Gasteiger charge is 2.11. The van der Waals surface area contributed by atoms with Crippen molar-refractivity contribution >= 4 is 28.8 Å². The lowest BCUT2D eigenvalue weighted by Crippen LogP contribution is -2.27. The first-order valence-electron chi connectivity index (χ1n) is 6.78. The Morgan fingerprint density at radius 2 is 2.27 bits per heavy atom. The van der Waals surface area contributed by atoms with Crippen LogP contribution in [-0.2, 0) is 16.0 Å². The molecule has 0 aliphatic rings. The van der Waals surface area contributed by atoms with Gasteiger partial charge in [0, 0.05) is 16.8 Å². The summed E-state index contributed by atoms with van der Waals surface area (Å²) in [5.41, 5.74) is 3.21. The molecule has 0 aliphatic heterocycles. The number of carbonyl (C=O) groups excluding carboxylic acids is 2. The zero-order chi connectivity index (χ0) is 15.9. The third kappa shape index (κ3) is 4.53. The molecule has 0 saturated carbocycles. The molecule has 0 aliphatic carbocycles. The number of anilines is 1. The summed E-state index contributed by atoms with van der Waals surface area (Å²) >= 11 is 1.51. The molecule has 0 spiro atoms. The number of thiazole rings is 1. The summed E-state index contributed by atoms with van der Waals surface area (Å²) in [6.07, 6.45) is 3.21. The second-order valence-electron chi connectivity index (χ2n) is 4.76. The maximum Gasteiger partial charge on any atom is 0.247 e. The molecule has 2 N–H and O–H groups in total. The van der Waals surface area contributed by atoms with E-state index in [9.17, 15) is 9.59 Å². The van der Waals surface area contributed by atoms with Gasteiger partial charge in [-0.1, -0.05) is 18.7 Å². The van der Waals surface area contributed by atoms with Crippen LogP contribution in [0.15, 0.2) is 48.6 Å². The molecule has 2 aromatic rings. The lowest BCUT2D eigenvalue weighted by atomic mass is 10.1. The van der Waals surface area contributed by atoms with Crippen molar-refractivity contribution in [2.75, 3.05) is 5.32 Å². The summed E-state index contributed by atoms with van der Waals surface area (Å²) in [7, 11) is 0. The van der Waals surface area contributed by atoms with Gasteiger partial charge in [-0.25, -0.2) is 0 Å². The second kappa shape index (κ2) is 7.51. The molecule has 0 unspecified atom stereocenters. The minimum absolute atomic E-state index is 0.0661. The minimum atomic E-state index is -0.277. The van der Waals surface area contributed by atoms with Crippen LogP contribution in [-0.4, -0.2) is 16.8 Å². The molecule has 5 nitrogen and oxygen atoms in total. The van der Waals surface area contributed by atoms with Gasteiger partial charge in [-0.3, -0.25) is 14.6 Å². The van der Waals surface area contributed by atoms with Crippen molar-refractivity contribution in [3.63, 3.8) is 0 Å². The Bertz CT molecular complexity index is 668. The van der Waals surface area contributed by atoms with Crippen LogP contribution in [0.3, 0.4) is 0 Å². The summed E-state index contributed by atoms with van der Waals surface area (Å²) in [4.78, 5) is 28.4. The minimum Gasteiger partial charge on any atom is -0.348 e. The van der Waals surface area contributed by atoms with Gasteiger partial charge in [-0.2, -0.15) is 0 Å². The Balaban J connectivity index is 1.95. The molecule has 6 heteroatoms. The number of hydrogen-bond acceptors (Lipinski definition) is 4. The van der Waals surface area contributed by atoms with Crippen molar-refractivity contribution in [2.24, 2.45) is 0 Å². The quantitative estimate of drug-likeness (QED) is 0.805. The van der Waals surface area contributed by atoms with E-state index in [-0.39, 0.29) is 24.3 Å². The van der Waals surface area contributed by atoms with Gasteiger partial charge >= 0.3 is 0 Å². The van der Waals surface area contributed by atoms with Crippen LogP contribution in [0.5, 0.6) is 0 Å². The average Bonchev–Trinajstić information content (AvgIpc) is 3.01. The predicted molar refractivity (Wildman–Crippen MR) is 87.6 cm³/mol. The van der Waals surface area contributed by atoms with Crippen molar-refractivity contribution in [3.8, 4) is 0 Å². The number of rotatable bonds is 6. The Hall–Kier alpha value is -2.47. The van der Waals surface area contributed by atoms with Crippen LogP contribution in [0, 0.1) is 0 Å². The predicted octanol–water partition coefficient (Wildman–Crippen LogP) is 2.69. The van der Waals surface area contributed by atoms with Crippen LogP contribution in [0.25, 0.3) is 0 Å². The van der Waals surface area contributed by atoms with Gasteiger partial charge < -0.3 is 10.6 Å². The molecule has 1 aromatic heterocycles. The Kier molecular flexibility index (Phi) is 5.43. The Morgan fingerprint density at radius 3 is 2.95 bits per heavy atom. The van der Waals surface area contributed by atoms with Gasteiger partial charge in [0.25, 0.3) is 0 Å². The number of nitrogens with zero attached hydrogens (tertiary/aromatic N) is 1.